The summed E-state index contributed by atoms with van der Waals surface area (Å²) < 4.78 is 0. The average Bonchev–Trinajstić information content (AvgIpc) is 2.65. The monoisotopic (exact) mass is 362 g/mol. The summed E-state index contributed by atoms with van der Waals surface area (Å²) in [5, 5.41) is 22.6. The summed E-state index contributed by atoms with van der Waals surface area (Å²) in [6.45, 7) is 2.03. The van der Waals surface area contributed by atoms with Crippen LogP contribution in [0.4, 0.5) is 0 Å². The molecule has 0 saturated carbocycles. The number of nitrogens with zero attached hydrogens (tertiary/aromatic N) is 1. The highest BCUT2D eigenvalue weighted by molar-refractivity contribution is 6.33. The van der Waals surface area contributed by atoms with Crippen LogP contribution in [0.3, 0.4) is 0 Å². The molecule has 134 valence electrons. The number of pyridine rings is 1. The molecule has 6 heteroatoms. The molecule has 1 aromatic heterocycles. The van der Waals surface area contributed by atoms with Crippen LogP contribution in [0.25, 0.3) is 11.3 Å². The van der Waals surface area contributed by atoms with Crippen molar-refractivity contribution in [2.24, 2.45) is 0 Å². The summed E-state index contributed by atoms with van der Waals surface area (Å²) in [4.78, 5) is 16.5. The summed E-state index contributed by atoms with van der Waals surface area (Å²) in [6.07, 6.45) is 3.11. The Hall–Kier alpha value is -1.95. The third kappa shape index (κ3) is 5.26. The van der Waals surface area contributed by atoms with Gasteiger partial charge in [-0.1, -0.05) is 30.7 Å². The van der Waals surface area contributed by atoms with Crippen molar-refractivity contribution in [2.45, 2.75) is 31.8 Å². The Morgan fingerprint density at radius 3 is 2.60 bits per heavy atom. The fourth-order valence-electron chi connectivity index (χ4n) is 2.52. The van der Waals surface area contributed by atoms with Crippen LogP contribution in [0.5, 0.6) is 0 Å². The quantitative estimate of drug-likeness (QED) is 0.674. The van der Waals surface area contributed by atoms with Crippen LogP contribution < -0.4 is 5.32 Å². The molecule has 1 heterocycles. The summed E-state index contributed by atoms with van der Waals surface area (Å²) in [6, 6.07) is 10.5. The van der Waals surface area contributed by atoms with Crippen LogP contribution in [0, 0.1) is 0 Å². The Bertz CT molecular complexity index is 706. The third-order valence-electron chi connectivity index (χ3n) is 4.22. The van der Waals surface area contributed by atoms with E-state index in [4.69, 9.17) is 16.7 Å². The predicted octanol–water partition coefficient (Wildman–Crippen LogP) is 3.05. The normalized spacial score (nSPS) is 13.3. The van der Waals surface area contributed by atoms with Gasteiger partial charge in [-0.05, 0) is 43.5 Å². The number of hydrogen-bond acceptors (Lipinski definition) is 4. The molecule has 1 aromatic carbocycles. The van der Waals surface area contributed by atoms with Crippen molar-refractivity contribution < 1.29 is 15.0 Å². The van der Waals surface area contributed by atoms with Gasteiger partial charge in [-0.3, -0.25) is 9.78 Å². The van der Waals surface area contributed by atoms with E-state index in [9.17, 15) is 9.90 Å². The minimum absolute atomic E-state index is 0.0216. The maximum absolute atomic E-state index is 12.3. The Morgan fingerprint density at radius 2 is 2.00 bits per heavy atom. The van der Waals surface area contributed by atoms with Gasteiger partial charge in [-0.25, -0.2) is 0 Å². The van der Waals surface area contributed by atoms with Crippen LogP contribution in [-0.2, 0) is 0 Å². The molecule has 25 heavy (non-hydrogen) atoms. The van der Waals surface area contributed by atoms with Crippen molar-refractivity contribution >= 4 is 17.5 Å². The second-order valence-corrected chi connectivity index (χ2v) is 6.41. The topological polar surface area (TPSA) is 82.5 Å². The van der Waals surface area contributed by atoms with Gasteiger partial charge in [0.15, 0.2) is 0 Å². The zero-order chi connectivity index (χ0) is 18.3. The first kappa shape index (κ1) is 19.4. The van der Waals surface area contributed by atoms with Gasteiger partial charge < -0.3 is 15.5 Å². The van der Waals surface area contributed by atoms with Gasteiger partial charge >= 0.3 is 0 Å². The molecule has 0 bridgehead atoms. The number of benzene rings is 1. The largest absolute Gasteiger partial charge is 0.396 e. The lowest BCUT2D eigenvalue weighted by Gasteiger charge is -2.26. The fourth-order valence-corrected chi connectivity index (χ4v) is 2.75. The van der Waals surface area contributed by atoms with Gasteiger partial charge in [0.05, 0.1) is 16.3 Å². The molecule has 0 aliphatic heterocycles. The molecule has 0 aliphatic carbocycles. The molecule has 0 fully saturated rings. The van der Waals surface area contributed by atoms with E-state index in [2.05, 4.69) is 10.3 Å². The lowest BCUT2D eigenvalue weighted by atomic mass is 9.94. The molecule has 0 radical (unpaired) electrons. The number of carbonyl (C=O) groups is 1. The Labute approximate surface area is 152 Å². The number of aromatic nitrogens is 1. The van der Waals surface area contributed by atoms with Gasteiger partial charge in [0.1, 0.15) is 0 Å². The highest BCUT2D eigenvalue weighted by atomic mass is 35.5. The van der Waals surface area contributed by atoms with Crippen molar-refractivity contribution in [3.05, 3.63) is 53.2 Å². The Morgan fingerprint density at radius 1 is 1.28 bits per heavy atom. The van der Waals surface area contributed by atoms with Crippen molar-refractivity contribution in [1.82, 2.24) is 10.3 Å². The number of aliphatic hydroxyl groups excluding tert-OH is 1. The smallest absolute Gasteiger partial charge is 0.251 e. The summed E-state index contributed by atoms with van der Waals surface area (Å²) in [5.41, 5.74) is 0.992. The molecule has 2 rings (SSSR count). The number of nitrogens with one attached hydrogen (secondary N) is 1. The van der Waals surface area contributed by atoms with E-state index < -0.39 is 5.60 Å². The molecule has 1 amide bonds. The van der Waals surface area contributed by atoms with Gasteiger partial charge in [-0.15, -0.1) is 0 Å². The van der Waals surface area contributed by atoms with E-state index in [1.54, 1.807) is 42.6 Å². The lowest BCUT2D eigenvalue weighted by Crippen LogP contribution is -2.42. The molecule has 2 aromatic rings. The zero-order valence-corrected chi connectivity index (χ0v) is 15.0. The molecule has 3 N–H and O–H groups in total. The molecule has 0 aliphatic rings. The van der Waals surface area contributed by atoms with Crippen LogP contribution in [0.2, 0.25) is 5.02 Å². The summed E-state index contributed by atoms with van der Waals surface area (Å²) >= 11 is 6.13. The molecule has 0 saturated heterocycles. The predicted molar refractivity (Wildman–Crippen MR) is 98.6 cm³/mol. The maximum Gasteiger partial charge on any atom is 0.251 e. The molecule has 5 nitrogen and oxygen atoms in total. The minimum atomic E-state index is -1.00. The second-order valence-electron chi connectivity index (χ2n) is 6.00. The maximum atomic E-state index is 12.3. The number of carbonyl (C=O) groups excluding carboxylic acids is 1. The number of amides is 1. The standard InChI is InChI=1S/C19H23ClN2O3/c1-2-19(25,10-4-12-23)13-22-18(24)15-8-6-14(7-9-15)17-16(20)5-3-11-21-17/h3,5-9,11,23,25H,2,4,10,12-13H2,1H3,(H,22,24). The molecule has 1 unspecified atom stereocenters. The van der Waals surface area contributed by atoms with E-state index in [-0.39, 0.29) is 19.1 Å². The third-order valence-corrected chi connectivity index (χ3v) is 4.52. The van der Waals surface area contributed by atoms with Crippen LogP contribution in [0.1, 0.15) is 36.5 Å². The molecule has 0 spiro atoms. The van der Waals surface area contributed by atoms with Gasteiger partial charge in [0.2, 0.25) is 0 Å². The summed E-state index contributed by atoms with van der Waals surface area (Å²) in [5.74, 6) is -0.255. The molecule has 1 atom stereocenters. The van der Waals surface area contributed by atoms with E-state index in [0.29, 0.717) is 35.5 Å². The summed E-state index contributed by atoms with van der Waals surface area (Å²) in [7, 11) is 0. The molecular weight excluding hydrogens is 340 g/mol. The zero-order valence-electron chi connectivity index (χ0n) is 14.2. The first-order valence-electron chi connectivity index (χ1n) is 8.31. The minimum Gasteiger partial charge on any atom is -0.396 e. The fraction of sp³-hybridized carbons (Fsp3) is 0.368. The van der Waals surface area contributed by atoms with Crippen molar-refractivity contribution in [3.8, 4) is 11.3 Å². The van der Waals surface area contributed by atoms with E-state index in [1.807, 2.05) is 6.92 Å². The first-order chi connectivity index (χ1) is 12.0. The first-order valence-corrected chi connectivity index (χ1v) is 8.69. The van der Waals surface area contributed by atoms with Gasteiger partial charge in [-0.2, -0.15) is 0 Å². The number of halogens is 1. The number of rotatable bonds is 8. The van der Waals surface area contributed by atoms with E-state index >= 15 is 0 Å². The van der Waals surface area contributed by atoms with Gasteiger partial charge in [0, 0.05) is 30.5 Å². The Balaban J connectivity index is 2.02. The number of hydrogen-bond donors (Lipinski definition) is 3. The molecular formula is C19H23ClN2O3. The lowest BCUT2D eigenvalue weighted by molar-refractivity contribution is 0.0212. The highest BCUT2D eigenvalue weighted by Gasteiger charge is 2.24. The SMILES string of the molecule is CCC(O)(CCCO)CNC(=O)c1ccc(-c2ncccc2Cl)cc1. The average molecular weight is 363 g/mol. The van der Waals surface area contributed by atoms with E-state index in [1.165, 1.54) is 0 Å². The van der Waals surface area contributed by atoms with Crippen molar-refractivity contribution in [2.75, 3.05) is 13.2 Å². The van der Waals surface area contributed by atoms with Crippen LogP contribution >= 0.6 is 11.6 Å². The van der Waals surface area contributed by atoms with E-state index in [0.717, 1.165) is 5.56 Å². The highest BCUT2D eigenvalue weighted by Crippen LogP contribution is 2.25. The van der Waals surface area contributed by atoms with Crippen molar-refractivity contribution in [3.63, 3.8) is 0 Å². The number of aliphatic hydroxyl groups is 2. The Kier molecular flexibility index (Phi) is 6.93. The van der Waals surface area contributed by atoms with Crippen LogP contribution in [-0.4, -0.2) is 39.9 Å². The van der Waals surface area contributed by atoms with Crippen molar-refractivity contribution in [1.29, 1.82) is 0 Å². The van der Waals surface area contributed by atoms with Gasteiger partial charge in [0.25, 0.3) is 5.91 Å². The van der Waals surface area contributed by atoms with Crippen LogP contribution in [0.15, 0.2) is 42.6 Å². The second kappa shape index (κ2) is 8.94.